The molecular formula is C23H17N3O. The van der Waals surface area contributed by atoms with Crippen LogP contribution in [-0.4, -0.2) is 6.03 Å². The van der Waals surface area contributed by atoms with Gasteiger partial charge in [0.15, 0.2) is 0 Å². The van der Waals surface area contributed by atoms with Gasteiger partial charge in [-0.1, -0.05) is 72.8 Å². The van der Waals surface area contributed by atoms with Crippen molar-refractivity contribution in [1.82, 2.24) is 10.6 Å². The van der Waals surface area contributed by atoms with Gasteiger partial charge in [0.05, 0.1) is 23.4 Å². The predicted molar refractivity (Wildman–Crippen MR) is 105 cm³/mol. The van der Waals surface area contributed by atoms with E-state index in [1.807, 2.05) is 72.8 Å². The molecule has 1 aliphatic heterocycles. The summed E-state index contributed by atoms with van der Waals surface area (Å²) in [6.45, 7) is 0. The summed E-state index contributed by atoms with van der Waals surface area (Å²) in [6.07, 6.45) is 0. The summed E-state index contributed by atoms with van der Waals surface area (Å²) in [7, 11) is 0. The molecule has 0 saturated carbocycles. The summed E-state index contributed by atoms with van der Waals surface area (Å²) in [5.41, 5.74) is 5.28. The second kappa shape index (κ2) is 7.19. The highest BCUT2D eigenvalue weighted by Crippen LogP contribution is 2.37. The van der Waals surface area contributed by atoms with Crippen molar-refractivity contribution < 1.29 is 4.79 Å². The SMILES string of the molecule is N#Cc1ccc(C2NC(=O)NC(c3ccccc3)=C2c2ccccc2)cc1. The van der Waals surface area contributed by atoms with Crippen LogP contribution in [0.3, 0.4) is 0 Å². The summed E-state index contributed by atoms with van der Waals surface area (Å²) >= 11 is 0. The number of nitriles is 1. The minimum absolute atomic E-state index is 0.247. The maximum atomic E-state index is 12.4. The number of nitrogens with zero attached hydrogens (tertiary/aromatic N) is 1. The van der Waals surface area contributed by atoms with Crippen molar-refractivity contribution in [1.29, 1.82) is 5.26 Å². The van der Waals surface area contributed by atoms with E-state index in [-0.39, 0.29) is 12.1 Å². The Morgan fingerprint density at radius 3 is 1.96 bits per heavy atom. The summed E-state index contributed by atoms with van der Waals surface area (Å²) in [6, 6.07) is 28.7. The van der Waals surface area contributed by atoms with Crippen molar-refractivity contribution in [3.05, 3.63) is 107 Å². The van der Waals surface area contributed by atoms with Crippen LogP contribution in [-0.2, 0) is 0 Å². The number of hydrogen-bond donors (Lipinski definition) is 2. The van der Waals surface area contributed by atoms with E-state index in [1.54, 1.807) is 12.1 Å². The van der Waals surface area contributed by atoms with Gasteiger partial charge in [0, 0.05) is 5.57 Å². The molecule has 0 spiro atoms. The van der Waals surface area contributed by atoms with Gasteiger partial charge < -0.3 is 10.6 Å². The standard InChI is InChI=1S/C23H17N3O/c24-15-16-11-13-19(14-12-16)22-20(17-7-3-1-4-8-17)21(25-23(27)26-22)18-9-5-2-6-10-18/h1-14,22H,(H2,25,26,27). The molecule has 2 N–H and O–H groups in total. The van der Waals surface area contributed by atoms with Gasteiger partial charge in [-0.2, -0.15) is 5.26 Å². The highest BCUT2D eigenvalue weighted by Gasteiger charge is 2.29. The lowest BCUT2D eigenvalue weighted by Crippen LogP contribution is -2.42. The van der Waals surface area contributed by atoms with Crippen LogP contribution in [0.5, 0.6) is 0 Å². The third-order valence-electron chi connectivity index (χ3n) is 4.59. The van der Waals surface area contributed by atoms with Crippen molar-refractivity contribution in [3.63, 3.8) is 0 Å². The van der Waals surface area contributed by atoms with Gasteiger partial charge in [-0.3, -0.25) is 0 Å². The Balaban J connectivity index is 1.93. The van der Waals surface area contributed by atoms with E-state index in [9.17, 15) is 4.79 Å². The van der Waals surface area contributed by atoms with Gasteiger partial charge in [-0.05, 0) is 28.8 Å². The van der Waals surface area contributed by atoms with Crippen molar-refractivity contribution in [2.75, 3.05) is 0 Å². The zero-order valence-electron chi connectivity index (χ0n) is 14.5. The lowest BCUT2D eigenvalue weighted by atomic mass is 9.87. The fourth-order valence-electron chi connectivity index (χ4n) is 3.33. The van der Waals surface area contributed by atoms with Crippen molar-refractivity contribution in [2.45, 2.75) is 6.04 Å². The zero-order chi connectivity index (χ0) is 18.6. The van der Waals surface area contributed by atoms with Gasteiger partial charge in [-0.15, -0.1) is 0 Å². The normalized spacial score (nSPS) is 16.3. The van der Waals surface area contributed by atoms with Crippen LogP contribution in [0.1, 0.15) is 28.3 Å². The fourth-order valence-corrected chi connectivity index (χ4v) is 3.33. The fraction of sp³-hybridized carbons (Fsp3) is 0.0435. The van der Waals surface area contributed by atoms with Crippen LogP contribution in [0, 0.1) is 11.3 Å². The molecule has 1 atom stereocenters. The highest BCUT2D eigenvalue weighted by molar-refractivity contribution is 6.02. The smallest absolute Gasteiger partial charge is 0.320 e. The summed E-state index contributed by atoms with van der Waals surface area (Å²) in [5, 5.41) is 15.1. The van der Waals surface area contributed by atoms with Crippen LogP contribution in [0.2, 0.25) is 0 Å². The number of benzene rings is 3. The van der Waals surface area contributed by atoms with Crippen molar-refractivity contribution in [3.8, 4) is 6.07 Å². The predicted octanol–water partition coefficient (Wildman–Crippen LogP) is 4.48. The Hall–Kier alpha value is -3.84. The number of nitrogens with one attached hydrogen (secondary N) is 2. The first-order valence-electron chi connectivity index (χ1n) is 8.69. The van der Waals surface area contributed by atoms with Gasteiger partial charge in [0.25, 0.3) is 0 Å². The summed E-state index contributed by atoms with van der Waals surface area (Å²) in [5.74, 6) is 0. The van der Waals surface area contributed by atoms with Crippen molar-refractivity contribution >= 4 is 17.3 Å². The molecule has 0 saturated heterocycles. The Labute approximate surface area is 157 Å². The largest absolute Gasteiger partial charge is 0.327 e. The Kier molecular flexibility index (Phi) is 4.42. The maximum Gasteiger partial charge on any atom is 0.320 e. The zero-order valence-corrected chi connectivity index (χ0v) is 14.5. The van der Waals surface area contributed by atoms with Crippen LogP contribution in [0.4, 0.5) is 4.79 Å². The molecule has 0 fully saturated rings. The Morgan fingerprint density at radius 2 is 1.37 bits per heavy atom. The highest BCUT2D eigenvalue weighted by atomic mass is 16.2. The molecule has 4 nitrogen and oxygen atoms in total. The van der Waals surface area contributed by atoms with Crippen LogP contribution in [0.15, 0.2) is 84.9 Å². The Morgan fingerprint density at radius 1 is 0.778 bits per heavy atom. The van der Waals surface area contributed by atoms with E-state index in [1.165, 1.54) is 0 Å². The summed E-state index contributed by atoms with van der Waals surface area (Å²) < 4.78 is 0. The molecular weight excluding hydrogens is 334 g/mol. The van der Waals surface area contributed by atoms with Gasteiger partial charge >= 0.3 is 6.03 Å². The van der Waals surface area contributed by atoms with E-state index in [4.69, 9.17) is 5.26 Å². The number of rotatable bonds is 3. The lowest BCUT2D eigenvalue weighted by molar-refractivity contribution is 0.242. The molecule has 0 aliphatic carbocycles. The van der Waals surface area contributed by atoms with Gasteiger partial charge in [-0.25, -0.2) is 4.79 Å². The quantitative estimate of drug-likeness (QED) is 0.731. The molecule has 0 bridgehead atoms. The Bertz CT molecular complexity index is 1030. The lowest BCUT2D eigenvalue weighted by Gasteiger charge is -2.31. The molecule has 1 heterocycles. The molecule has 0 radical (unpaired) electrons. The molecule has 2 amide bonds. The first-order valence-corrected chi connectivity index (χ1v) is 8.69. The number of urea groups is 1. The van der Waals surface area contributed by atoms with Crippen LogP contribution >= 0.6 is 0 Å². The third-order valence-corrected chi connectivity index (χ3v) is 4.59. The first-order chi connectivity index (χ1) is 13.3. The number of carbonyl (C=O) groups is 1. The molecule has 3 aromatic carbocycles. The average molecular weight is 351 g/mol. The maximum absolute atomic E-state index is 12.4. The van der Waals surface area contributed by atoms with Crippen LogP contribution < -0.4 is 10.6 Å². The first kappa shape index (κ1) is 16.6. The summed E-state index contributed by atoms with van der Waals surface area (Å²) in [4.78, 5) is 12.4. The van der Waals surface area contributed by atoms with E-state index >= 15 is 0 Å². The number of carbonyl (C=O) groups excluding carboxylic acids is 1. The van der Waals surface area contributed by atoms with Gasteiger partial charge in [0.2, 0.25) is 0 Å². The van der Waals surface area contributed by atoms with E-state index < -0.39 is 0 Å². The van der Waals surface area contributed by atoms with Crippen molar-refractivity contribution in [2.24, 2.45) is 0 Å². The molecule has 3 aromatic rings. The van der Waals surface area contributed by atoms with Gasteiger partial charge in [0.1, 0.15) is 0 Å². The molecule has 0 aromatic heterocycles. The minimum Gasteiger partial charge on any atom is -0.327 e. The van der Waals surface area contributed by atoms with E-state index in [0.29, 0.717) is 5.56 Å². The van der Waals surface area contributed by atoms with E-state index in [2.05, 4.69) is 16.7 Å². The molecule has 27 heavy (non-hydrogen) atoms. The van der Waals surface area contributed by atoms with E-state index in [0.717, 1.165) is 28.0 Å². The molecule has 4 rings (SSSR count). The molecule has 130 valence electrons. The van der Waals surface area contributed by atoms with Crippen LogP contribution in [0.25, 0.3) is 11.3 Å². The second-order valence-corrected chi connectivity index (χ2v) is 6.29. The average Bonchev–Trinajstić information content (AvgIpc) is 2.74. The number of amides is 2. The minimum atomic E-state index is -0.316. The molecule has 4 heteroatoms. The second-order valence-electron chi connectivity index (χ2n) is 6.29. The third kappa shape index (κ3) is 3.31. The monoisotopic (exact) mass is 351 g/mol. The molecule has 1 aliphatic rings. The number of hydrogen-bond acceptors (Lipinski definition) is 2. The molecule has 1 unspecified atom stereocenters. The topological polar surface area (TPSA) is 64.9 Å².